The van der Waals surface area contributed by atoms with E-state index in [1.807, 2.05) is 0 Å². The van der Waals surface area contributed by atoms with Gasteiger partial charge in [0.25, 0.3) is 5.91 Å². The summed E-state index contributed by atoms with van der Waals surface area (Å²) in [6.45, 7) is 0. The van der Waals surface area contributed by atoms with Crippen LogP contribution in [0.5, 0.6) is 0 Å². The summed E-state index contributed by atoms with van der Waals surface area (Å²) in [7, 11) is 0. The average Bonchev–Trinajstić information content (AvgIpc) is 2.35. The summed E-state index contributed by atoms with van der Waals surface area (Å²) in [5.74, 6) is -0.772. The number of rotatable bonds is 2. The predicted octanol–water partition coefficient (Wildman–Crippen LogP) is 2.72. The lowest BCUT2D eigenvalue weighted by atomic mass is 9.94. The van der Waals surface area contributed by atoms with Crippen LogP contribution >= 0.6 is 11.6 Å². The molecule has 0 radical (unpaired) electrons. The van der Waals surface area contributed by atoms with Crippen LogP contribution in [0.25, 0.3) is 0 Å². The van der Waals surface area contributed by atoms with E-state index < -0.39 is 5.82 Å². The normalized spacial score (nSPS) is 16.7. The number of benzene rings is 1. The Morgan fingerprint density at radius 3 is 2.67 bits per heavy atom. The van der Waals surface area contributed by atoms with Crippen molar-refractivity contribution in [2.75, 3.05) is 0 Å². The van der Waals surface area contributed by atoms with Crippen molar-refractivity contribution in [1.29, 1.82) is 0 Å². The minimum Gasteiger partial charge on any atom is -0.349 e. The third-order valence-electron chi connectivity index (χ3n) is 3.07. The van der Waals surface area contributed by atoms with Gasteiger partial charge in [-0.1, -0.05) is 17.7 Å². The van der Waals surface area contributed by atoms with E-state index in [0.717, 1.165) is 0 Å². The first-order valence-electron chi connectivity index (χ1n) is 5.84. The minimum absolute atomic E-state index is 0.0328. The van der Waals surface area contributed by atoms with Crippen LogP contribution in [0.2, 0.25) is 5.02 Å². The van der Waals surface area contributed by atoms with Gasteiger partial charge < -0.3 is 5.32 Å². The highest BCUT2D eigenvalue weighted by Crippen LogP contribution is 2.21. The molecule has 1 aliphatic rings. The van der Waals surface area contributed by atoms with Crippen molar-refractivity contribution in [1.82, 2.24) is 5.32 Å². The topological polar surface area (TPSA) is 46.2 Å². The molecule has 0 saturated heterocycles. The molecule has 0 heterocycles. The summed E-state index contributed by atoms with van der Waals surface area (Å²) in [6, 6.07) is 4.10. The molecule has 2 rings (SSSR count). The van der Waals surface area contributed by atoms with Gasteiger partial charge in [0.15, 0.2) is 0 Å². The van der Waals surface area contributed by atoms with Crippen LogP contribution in [-0.4, -0.2) is 17.7 Å². The molecule has 0 atom stereocenters. The predicted molar refractivity (Wildman–Crippen MR) is 66.1 cm³/mol. The first-order chi connectivity index (χ1) is 8.58. The average molecular weight is 270 g/mol. The molecule has 1 amide bonds. The first-order valence-corrected chi connectivity index (χ1v) is 6.22. The van der Waals surface area contributed by atoms with E-state index in [-0.39, 0.29) is 28.3 Å². The van der Waals surface area contributed by atoms with Crippen molar-refractivity contribution in [2.45, 2.75) is 31.7 Å². The van der Waals surface area contributed by atoms with Gasteiger partial charge >= 0.3 is 0 Å². The van der Waals surface area contributed by atoms with Gasteiger partial charge in [-0.3, -0.25) is 9.59 Å². The molecule has 18 heavy (non-hydrogen) atoms. The Kier molecular flexibility index (Phi) is 3.97. The largest absolute Gasteiger partial charge is 0.349 e. The van der Waals surface area contributed by atoms with Gasteiger partial charge in [-0.15, -0.1) is 0 Å². The zero-order chi connectivity index (χ0) is 13.1. The zero-order valence-corrected chi connectivity index (χ0v) is 10.5. The Bertz CT molecular complexity index is 480. The van der Waals surface area contributed by atoms with Crippen LogP contribution in [0.1, 0.15) is 36.0 Å². The van der Waals surface area contributed by atoms with E-state index in [2.05, 4.69) is 5.32 Å². The molecule has 0 spiro atoms. The molecule has 1 aliphatic carbocycles. The summed E-state index contributed by atoms with van der Waals surface area (Å²) in [4.78, 5) is 23.0. The van der Waals surface area contributed by atoms with Crippen LogP contribution < -0.4 is 5.32 Å². The molecular weight excluding hydrogens is 257 g/mol. The van der Waals surface area contributed by atoms with Crippen molar-refractivity contribution >= 4 is 23.3 Å². The lowest BCUT2D eigenvalue weighted by Gasteiger charge is -2.22. The summed E-state index contributed by atoms with van der Waals surface area (Å²) < 4.78 is 13.2. The van der Waals surface area contributed by atoms with Crippen LogP contribution in [0.4, 0.5) is 4.39 Å². The Hall–Kier alpha value is -1.42. The van der Waals surface area contributed by atoms with E-state index >= 15 is 0 Å². The fourth-order valence-corrected chi connectivity index (χ4v) is 2.24. The number of halogens is 2. The number of ketones is 1. The summed E-state index contributed by atoms with van der Waals surface area (Å²) in [5.41, 5.74) is 0.133. The Morgan fingerprint density at radius 2 is 2.00 bits per heavy atom. The van der Waals surface area contributed by atoms with Gasteiger partial charge in [0.2, 0.25) is 0 Å². The molecular formula is C13H13ClFNO2. The molecule has 0 unspecified atom stereocenters. The van der Waals surface area contributed by atoms with Crippen LogP contribution in [0, 0.1) is 5.82 Å². The minimum atomic E-state index is -0.608. The number of Topliss-reactive ketones (excluding diaryl/α,β-unsaturated/α-hetero) is 1. The van der Waals surface area contributed by atoms with Gasteiger partial charge in [-0.05, 0) is 25.0 Å². The molecule has 1 N–H and O–H groups in total. The fraction of sp³-hybridized carbons (Fsp3) is 0.385. The molecule has 3 nitrogen and oxygen atoms in total. The third kappa shape index (κ3) is 2.88. The van der Waals surface area contributed by atoms with Crippen molar-refractivity contribution in [3.63, 3.8) is 0 Å². The van der Waals surface area contributed by atoms with Crippen LogP contribution in [-0.2, 0) is 4.79 Å². The number of amides is 1. The maximum Gasteiger partial charge on any atom is 0.253 e. The van der Waals surface area contributed by atoms with Gasteiger partial charge in [-0.25, -0.2) is 4.39 Å². The molecule has 0 bridgehead atoms. The smallest absolute Gasteiger partial charge is 0.253 e. The molecule has 0 aliphatic heterocycles. The fourth-order valence-electron chi connectivity index (χ4n) is 2.03. The highest BCUT2D eigenvalue weighted by atomic mass is 35.5. The van der Waals surface area contributed by atoms with Crippen LogP contribution in [0.15, 0.2) is 18.2 Å². The molecule has 5 heteroatoms. The molecule has 1 saturated carbocycles. The second-order valence-corrected chi connectivity index (χ2v) is 4.77. The molecule has 1 fully saturated rings. The number of hydrogen-bond acceptors (Lipinski definition) is 2. The van der Waals surface area contributed by atoms with E-state index in [1.54, 1.807) is 0 Å². The Labute approximate surface area is 109 Å². The maximum absolute atomic E-state index is 13.2. The maximum atomic E-state index is 13.2. The standard InChI is InChI=1S/C13H13ClFNO2/c14-12-10(2-1-3-11(12)15)13(18)16-8-4-6-9(17)7-5-8/h1-3,8H,4-7H2,(H,16,18). The van der Waals surface area contributed by atoms with Crippen molar-refractivity contribution in [3.05, 3.63) is 34.6 Å². The lowest BCUT2D eigenvalue weighted by Crippen LogP contribution is -2.37. The van der Waals surface area contributed by atoms with E-state index in [4.69, 9.17) is 11.6 Å². The van der Waals surface area contributed by atoms with E-state index in [1.165, 1.54) is 18.2 Å². The first kappa shape index (κ1) is 13.0. The molecule has 96 valence electrons. The second-order valence-electron chi connectivity index (χ2n) is 4.39. The van der Waals surface area contributed by atoms with Crippen molar-refractivity contribution in [2.24, 2.45) is 0 Å². The van der Waals surface area contributed by atoms with E-state index in [9.17, 15) is 14.0 Å². The monoisotopic (exact) mass is 269 g/mol. The third-order valence-corrected chi connectivity index (χ3v) is 3.46. The highest BCUT2D eigenvalue weighted by Gasteiger charge is 2.22. The van der Waals surface area contributed by atoms with Crippen molar-refractivity contribution in [3.8, 4) is 0 Å². The molecule has 1 aromatic carbocycles. The van der Waals surface area contributed by atoms with Crippen molar-refractivity contribution < 1.29 is 14.0 Å². The number of nitrogens with one attached hydrogen (secondary N) is 1. The number of hydrogen-bond donors (Lipinski definition) is 1. The second kappa shape index (κ2) is 5.48. The zero-order valence-electron chi connectivity index (χ0n) is 9.71. The molecule has 0 aromatic heterocycles. The SMILES string of the molecule is O=C1CCC(NC(=O)c2cccc(F)c2Cl)CC1. The number of carbonyl (C=O) groups is 2. The number of carbonyl (C=O) groups excluding carboxylic acids is 2. The Morgan fingerprint density at radius 1 is 1.33 bits per heavy atom. The van der Waals surface area contributed by atoms with Gasteiger partial charge in [0.05, 0.1) is 10.6 Å². The molecule has 1 aromatic rings. The van der Waals surface area contributed by atoms with E-state index in [0.29, 0.717) is 25.7 Å². The summed E-state index contributed by atoms with van der Waals surface area (Å²) >= 11 is 5.74. The van der Waals surface area contributed by atoms with Crippen LogP contribution in [0.3, 0.4) is 0 Å². The summed E-state index contributed by atoms with van der Waals surface area (Å²) in [5, 5.41) is 2.62. The highest BCUT2D eigenvalue weighted by molar-refractivity contribution is 6.34. The van der Waals surface area contributed by atoms with Gasteiger partial charge in [0, 0.05) is 18.9 Å². The Balaban J connectivity index is 2.03. The van der Waals surface area contributed by atoms with Gasteiger partial charge in [0.1, 0.15) is 11.6 Å². The lowest BCUT2D eigenvalue weighted by molar-refractivity contribution is -0.120. The van der Waals surface area contributed by atoms with Gasteiger partial charge in [-0.2, -0.15) is 0 Å². The quantitative estimate of drug-likeness (QED) is 0.897. The summed E-state index contributed by atoms with van der Waals surface area (Å²) in [6.07, 6.45) is 2.25.